The lowest BCUT2D eigenvalue weighted by atomic mass is 10.2. The molecule has 0 aromatic rings. The SMILES string of the molecule is COC=NC1CC(OC(C)=O)[C@@H](COC(C)=O)O1. The maximum atomic E-state index is 11.0. The molecule has 18 heavy (non-hydrogen) atoms. The highest BCUT2D eigenvalue weighted by atomic mass is 16.6. The van der Waals surface area contributed by atoms with Gasteiger partial charge in [-0.1, -0.05) is 0 Å². The van der Waals surface area contributed by atoms with Gasteiger partial charge in [0.2, 0.25) is 0 Å². The van der Waals surface area contributed by atoms with Crippen molar-refractivity contribution in [1.82, 2.24) is 0 Å². The molecule has 7 nitrogen and oxygen atoms in total. The number of carbonyl (C=O) groups excluding carboxylic acids is 2. The summed E-state index contributed by atoms with van der Waals surface area (Å²) in [6.07, 6.45) is 0.224. The zero-order valence-electron chi connectivity index (χ0n) is 10.6. The molecule has 7 heteroatoms. The first-order chi connectivity index (χ1) is 8.52. The normalized spacial score (nSPS) is 27.2. The maximum Gasteiger partial charge on any atom is 0.303 e. The molecule has 0 saturated carbocycles. The highest BCUT2D eigenvalue weighted by Crippen LogP contribution is 2.24. The molecule has 0 aliphatic carbocycles. The van der Waals surface area contributed by atoms with Crippen molar-refractivity contribution in [1.29, 1.82) is 0 Å². The lowest BCUT2D eigenvalue weighted by Crippen LogP contribution is -2.31. The van der Waals surface area contributed by atoms with Crippen LogP contribution in [0.3, 0.4) is 0 Å². The minimum absolute atomic E-state index is 0.0340. The number of methoxy groups -OCH3 is 1. The Morgan fingerprint density at radius 1 is 1.39 bits per heavy atom. The zero-order chi connectivity index (χ0) is 13.5. The third-order valence-corrected chi connectivity index (χ3v) is 2.28. The molecule has 2 unspecified atom stereocenters. The summed E-state index contributed by atoms with van der Waals surface area (Å²) in [5, 5.41) is 0. The molecule has 1 aliphatic rings. The van der Waals surface area contributed by atoms with Gasteiger partial charge in [-0.05, 0) is 0 Å². The van der Waals surface area contributed by atoms with E-state index in [1.807, 2.05) is 0 Å². The van der Waals surface area contributed by atoms with E-state index >= 15 is 0 Å². The molecule has 0 aromatic heterocycles. The number of esters is 2. The first-order valence-electron chi connectivity index (χ1n) is 5.53. The quantitative estimate of drug-likeness (QED) is 0.400. The van der Waals surface area contributed by atoms with Gasteiger partial charge < -0.3 is 18.9 Å². The molecule has 0 bridgehead atoms. The lowest BCUT2D eigenvalue weighted by molar-refractivity contribution is -0.154. The van der Waals surface area contributed by atoms with Gasteiger partial charge in [0.15, 0.2) is 12.6 Å². The smallest absolute Gasteiger partial charge is 0.303 e. The van der Waals surface area contributed by atoms with Crippen LogP contribution < -0.4 is 0 Å². The van der Waals surface area contributed by atoms with E-state index in [9.17, 15) is 9.59 Å². The molecule has 0 radical (unpaired) electrons. The van der Waals surface area contributed by atoms with Gasteiger partial charge in [-0.15, -0.1) is 0 Å². The van der Waals surface area contributed by atoms with E-state index in [-0.39, 0.29) is 6.61 Å². The Morgan fingerprint density at radius 3 is 2.67 bits per heavy atom. The summed E-state index contributed by atoms with van der Waals surface area (Å²) < 4.78 is 20.1. The topological polar surface area (TPSA) is 83.4 Å². The molecule has 0 aromatic carbocycles. The Labute approximate surface area is 105 Å². The molecule has 1 aliphatic heterocycles. The van der Waals surface area contributed by atoms with E-state index in [1.165, 1.54) is 27.4 Å². The van der Waals surface area contributed by atoms with Gasteiger partial charge in [-0.2, -0.15) is 0 Å². The fourth-order valence-corrected chi connectivity index (χ4v) is 1.60. The van der Waals surface area contributed by atoms with Gasteiger partial charge in [0.1, 0.15) is 18.8 Å². The van der Waals surface area contributed by atoms with Crippen LogP contribution in [0.15, 0.2) is 4.99 Å². The highest BCUT2D eigenvalue weighted by molar-refractivity contribution is 5.66. The lowest BCUT2D eigenvalue weighted by Gasteiger charge is -2.17. The zero-order valence-corrected chi connectivity index (χ0v) is 10.6. The monoisotopic (exact) mass is 259 g/mol. The predicted molar refractivity (Wildman–Crippen MR) is 61.0 cm³/mol. The van der Waals surface area contributed by atoms with Crippen LogP contribution >= 0.6 is 0 Å². The van der Waals surface area contributed by atoms with Crippen LogP contribution in [-0.2, 0) is 28.5 Å². The summed E-state index contributed by atoms with van der Waals surface area (Å²) in [7, 11) is 1.47. The molecule has 0 amide bonds. The number of ether oxygens (including phenoxy) is 4. The van der Waals surface area contributed by atoms with Crippen molar-refractivity contribution >= 4 is 18.3 Å². The molecule has 0 N–H and O–H groups in total. The van der Waals surface area contributed by atoms with Gasteiger partial charge >= 0.3 is 11.9 Å². The van der Waals surface area contributed by atoms with E-state index in [2.05, 4.69) is 9.73 Å². The third-order valence-electron chi connectivity index (χ3n) is 2.28. The van der Waals surface area contributed by atoms with Crippen LogP contribution in [-0.4, -0.2) is 50.5 Å². The van der Waals surface area contributed by atoms with Crippen LogP contribution in [0.4, 0.5) is 0 Å². The second kappa shape index (κ2) is 6.95. The number of aliphatic imine (C=N–C) groups is 1. The largest absolute Gasteiger partial charge is 0.487 e. The molecule has 1 fully saturated rings. The van der Waals surface area contributed by atoms with Crippen molar-refractivity contribution in [3.05, 3.63) is 0 Å². The molecule has 1 saturated heterocycles. The van der Waals surface area contributed by atoms with Crippen molar-refractivity contribution in [3.8, 4) is 0 Å². The van der Waals surface area contributed by atoms with Crippen LogP contribution in [0.1, 0.15) is 20.3 Å². The van der Waals surface area contributed by atoms with Crippen molar-refractivity contribution in [2.24, 2.45) is 4.99 Å². The molecular formula is C11H17NO6. The minimum Gasteiger partial charge on any atom is -0.487 e. The van der Waals surface area contributed by atoms with Crippen LogP contribution in [0.5, 0.6) is 0 Å². The second-order valence-corrected chi connectivity index (χ2v) is 3.81. The van der Waals surface area contributed by atoms with Crippen molar-refractivity contribution < 1.29 is 28.5 Å². The van der Waals surface area contributed by atoms with Crippen LogP contribution in [0, 0.1) is 0 Å². The van der Waals surface area contributed by atoms with Gasteiger partial charge in [0.05, 0.1) is 7.11 Å². The summed E-state index contributed by atoms with van der Waals surface area (Å²) in [5.74, 6) is -0.822. The Hall–Kier alpha value is -1.63. The Balaban J connectivity index is 2.56. The number of nitrogens with zero attached hydrogens (tertiary/aromatic N) is 1. The molecule has 102 valence electrons. The number of hydrogen-bond donors (Lipinski definition) is 0. The standard InChI is InChI=1S/C11H17NO6/c1-7(13)16-5-10-9(17-8(2)14)4-11(18-10)12-6-15-3/h6,9-11H,4-5H2,1-3H3/t9?,10-,11?/m1/s1. The van der Waals surface area contributed by atoms with E-state index in [1.54, 1.807) is 0 Å². The number of carbonyl (C=O) groups is 2. The summed E-state index contributed by atoms with van der Waals surface area (Å²) in [5.41, 5.74) is 0. The first-order valence-corrected chi connectivity index (χ1v) is 5.53. The van der Waals surface area contributed by atoms with E-state index in [0.717, 1.165) is 0 Å². The number of rotatable bonds is 5. The minimum atomic E-state index is -0.503. The van der Waals surface area contributed by atoms with E-state index in [4.69, 9.17) is 14.2 Å². The summed E-state index contributed by atoms with van der Waals surface area (Å²) in [6.45, 7) is 2.65. The average molecular weight is 259 g/mol. The fraction of sp³-hybridized carbons (Fsp3) is 0.727. The van der Waals surface area contributed by atoms with Crippen molar-refractivity contribution in [2.45, 2.75) is 38.7 Å². The van der Waals surface area contributed by atoms with Crippen molar-refractivity contribution in [3.63, 3.8) is 0 Å². The summed E-state index contributed by atoms with van der Waals surface area (Å²) in [6, 6.07) is 0. The molecule has 1 rings (SSSR count). The molecule has 3 atom stereocenters. The first kappa shape index (κ1) is 14.4. The van der Waals surface area contributed by atoms with Gasteiger partial charge in [0, 0.05) is 20.3 Å². The van der Waals surface area contributed by atoms with Gasteiger partial charge in [-0.3, -0.25) is 9.59 Å². The van der Waals surface area contributed by atoms with Gasteiger partial charge in [0.25, 0.3) is 0 Å². The predicted octanol–water partition coefficient (Wildman–Crippen LogP) is 0.271. The van der Waals surface area contributed by atoms with E-state index < -0.39 is 30.4 Å². The Bertz CT molecular complexity index is 329. The third kappa shape index (κ3) is 4.70. The summed E-state index contributed by atoms with van der Waals surface area (Å²) in [4.78, 5) is 25.7. The fourth-order valence-electron chi connectivity index (χ4n) is 1.60. The van der Waals surface area contributed by atoms with Crippen molar-refractivity contribution in [2.75, 3.05) is 13.7 Å². The number of hydrogen-bond acceptors (Lipinski definition) is 7. The average Bonchev–Trinajstić information content (AvgIpc) is 2.65. The maximum absolute atomic E-state index is 11.0. The van der Waals surface area contributed by atoms with Crippen LogP contribution in [0.25, 0.3) is 0 Å². The summed E-state index contributed by atoms with van der Waals surface area (Å²) >= 11 is 0. The Morgan fingerprint density at radius 2 is 2.11 bits per heavy atom. The van der Waals surface area contributed by atoms with E-state index in [0.29, 0.717) is 6.42 Å². The highest BCUT2D eigenvalue weighted by Gasteiger charge is 2.38. The Kier molecular flexibility index (Phi) is 5.57. The molecular weight excluding hydrogens is 242 g/mol. The molecule has 0 spiro atoms. The molecule has 1 heterocycles. The van der Waals surface area contributed by atoms with Gasteiger partial charge in [-0.25, -0.2) is 4.99 Å². The van der Waals surface area contributed by atoms with Crippen LogP contribution in [0.2, 0.25) is 0 Å². The second-order valence-electron chi connectivity index (χ2n) is 3.81.